The van der Waals surface area contributed by atoms with Crippen molar-refractivity contribution in [3.8, 4) is 0 Å². The Morgan fingerprint density at radius 3 is 1.38 bits per heavy atom. The smallest absolute Gasteiger partial charge is 0.305 e. The Morgan fingerprint density at radius 2 is 0.897 bits per heavy atom. The molecule has 1 amide bonds. The van der Waals surface area contributed by atoms with Crippen LogP contribution in [0, 0.1) is 0 Å². The summed E-state index contributed by atoms with van der Waals surface area (Å²) in [5.41, 5.74) is 0. The first kappa shape index (κ1) is 56.1. The summed E-state index contributed by atoms with van der Waals surface area (Å²) >= 11 is 0. The summed E-state index contributed by atoms with van der Waals surface area (Å²) in [6, 6.07) is -0.638. The minimum absolute atomic E-state index is 0.0228. The maximum absolute atomic E-state index is 12.4. The van der Waals surface area contributed by atoms with Crippen molar-refractivity contribution < 1.29 is 24.5 Å². The number of aliphatic hydroxyl groups excluding tert-OH is 2. The zero-order chi connectivity index (χ0) is 42.3. The first-order valence-corrected chi connectivity index (χ1v) is 25.3. The van der Waals surface area contributed by atoms with Crippen LogP contribution in [0.5, 0.6) is 0 Å². The lowest BCUT2D eigenvalue weighted by molar-refractivity contribution is -0.143. The maximum atomic E-state index is 12.4. The van der Waals surface area contributed by atoms with Crippen molar-refractivity contribution in [1.82, 2.24) is 5.32 Å². The summed E-state index contributed by atoms with van der Waals surface area (Å²) in [4.78, 5) is 24.4. The van der Waals surface area contributed by atoms with Gasteiger partial charge < -0.3 is 20.3 Å². The van der Waals surface area contributed by atoms with Gasteiger partial charge in [-0.3, -0.25) is 9.59 Å². The van der Waals surface area contributed by atoms with E-state index < -0.39 is 12.1 Å². The second-order valence-corrected chi connectivity index (χ2v) is 17.1. The minimum Gasteiger partial charge on any atom is -0.466 e. The third-order valence-electron chi connectivity index (χ3n) is 11.4. The number of hydrogen-bond donors (Lipinski definition) is 3. The van der Waals surface area contributed by atoms with E-state index in [-0.39, 0.29) is 18.5 Å². The van der Waals surface area contributed by atoms with Gasteiger partial charge in [0.05, 0.1) is 25.4 Å². The number of unbranched alkanes of at least 4 members (excludes halogenated alkanes) is 31. The van der Waals surface area contributed by atoms with Gasteiger partial charge in [-0.2, -0.15) is 0 Å². The van der Waals surface area contributed by atoms with E-state index >= 15 is 0 Å². The molecule has 0 aliphatic rings. The summed E-state index contributed by atoms with van der Waals surface area (Å²) in [6.45, 7) is 4.80. The number of carbonyl (C=O) groups is 2. The topological polar surface area (TPSA) is 95.9 Å². The standard InChI is InChI=1S/C52H97NO5/c1-3-5-7-9-11-13-15-17-18-21-24-28-32-36-40-44-50(55)49(48-54)53-51(56)45-41-37-33-29-25-22-19-23-27-31-35-39-43-47-58-52(57)46-42-38-34-30-26-20-16-14-12-10-8-6-4-2/h8,10,14,16,40,44,49-50,54-55H,3-7,9,11-13,15,17-39,41-43,45-48H2,1-2H3,(H,53,56)/b10-8-,16-14-,44-40+. The highest BCUT2D eigenvalue weighted by Crippen LogP contribution is 2.15. The Labute approximate surface area is 360 Å². The lowest BCUT2D eigenvalue weighted by atomic mass is 10.0. The molecule has 2 unspecified atom stereocenters. The fourth-order valence-electron chi connectivity index (χ4n) is 7.49. The van der Waals surface area contributed by atoms with Crippen LogP contribution >= 0.6 is 0 Å². The lowest BCUT2D eigenvalue weighted by Gasteiger charge is -2.20. The SMILES string of the molecule is CCC/C=C\C/C=C\CCCCCCCC(=O)OCCCCCCCCCCCCCCCC(=O)NC(CO)C(O)/C=C/CCCCCCCCCCCCCCC. The zero-order valence-electron chi connectivity index (χ0n) is 38.5. The number of carbonyl (C=O) groups excluding carboxylic acids is 2. The number of hydrogen-bond acceptors (Lipinski definition) is 5. The maximum Gasteiger partial charge on any atom is 0.305 e. The highest BCUT2D eigenvalue weighted by atomic mass is 16.5. The molecular weight excluding hydrogens is 719 g/mol. The number of allylic oxidation sites excluding steroid dienone is 5. The zero-order valence-corrected chi connectivity index (χ0v) is 38.5. The fraction of sp³-hybridized carbons (Fsp3) is 0.846. The van der Waals surface area contributed by atoms with Gasteiger partial charge >= 0.3 is 5.97 Å². The molecule has 0 spiro atoms. The van der Waals surface area contributed by atoms with E-state index in [1.165, 1.54) is 161 Å². The lowest BCUT2D eigenvalue weighted by Crippen LogP contribution is -2.45. The van der Waals surface area contributed by atoms with E-state index in [0.717, 1.165) is 70.6 Å². The van der Waals surface area contributed by atoms with Crippen LogP contribution in [0.1, 0.15) is 258 Å². The average Bonchev–Trinajstić information content (AvgIpc) is 3.22. The molecule has 0 saturated heterocycles. The average molecular weight is 816 g/mol. The van der Waals surface area contributed by atoms with Gasteiger partial charge in [-0.05, 0) is 57.8 Å². The molecule has 6 nitrogen and oxygen atoms in total. The molecule has 0 aliphatic carbocycles. The fourth-order valence-corrected chi connectivity index (χ4v) is 7.49. The predicted molar refractivity (Wildman–Crippen MR) is 250 cm³/mol. The van der Waals surface area contributed by atoms with Gasteiger partial charge in [-0.1, -0.05) is 224 Å². The first-order valence-electron chi connectivity index (χ1n) is 25.3. The van der Waals surface area contributed by atoms with E-state index in [1.54, 1.807) is 6.08 Å². The summed E-state index contributed by atoms with van der Waals surface area (Å²) in [6.07, 6.45) is 57.0. The molecule has 0 aromatic carbocycles. The van der Waals surface area contributed by atoms with Crippen LogP contribution in [0.4, 0.5) is 0 Å². The Balaban J connectivity index is 3.51. The Kier molecular flexibility index (Phi) is 46.2. The molecule has 0 aromatic heterocycles. The van der Waals surface area contributed by atoms with E-state index in [2.05, 4.69) is 43.5 Å². The third kappa shape index (κ3) is 43.7. The second-order valence-electron chi connectivity index (χ2n) is 17.1. The van der Waals surface area contributed by atoms with Crippen molar-refractivity contribution in [3.63, 3.8) is 0 Å². The molecule has 3 N–H and O–H groups in total. The Morgan fingerprint density at radius 1 is 0.483 bits per heavy atom. The van der Waals surface area contributed by atoms with Crippen LogP contribution in [-0.4, -0.2) is 47.4 Å². The van der Waals surface area contributed by atoms with Crippen molar-refractivity contribution >= 4 is 11.9 Å². The van der Waals surface area contributed by atoms with Crippen LogP contribution < -0.4 is 5.32 Å². The molecule has 0 rings (SSSR count). The van der Waals surface area contributed by atoms with Gasteiger partial charge in [-0.25, -0.2) is 0 Å². The molecule has 340 valence electrons. The third-order valence-corrected chi connectivity index (χ3v) is 11.4. The van der Waals surface area contributed by atoms with Crippen LogP contribution in [-0.2, 0) is 14.3 Å². The monoisotopic (exact) mass is 816 g/mol. The molecule has 0 aromatic rings. The van der Waals surface area contributed by atoms with Crippen LogP contribution in [0.2, 0.25) is 0 Å². The van der Waals surface area contributed by atoms with Crippen molar-refractivity contribution in [1.29, 1.82) is 0 Å². The van der Waals surface area contributed by atoms with E-state index in [1.807, 2.05) is 6.08 Å². The second kappa shape index (κ2) is 47.8. The van der Waals surface area contributed by atoms with E-state index in [4.69, 9.17) is 4.74 Å². The normalized spacial score (nSPS) is 13.0. The van der Waals surface area contributed by atoms with Gasteiger partial charge in [0.25, 0.3) is 0 Å². The summed E-state index contributed by atoms with van der Waals surface area (Å²) < 4.78 is 5.44. The molecule has 58 heavy (non-hydrogen) atoms. The highest BCUT2D eigenvalue weighted by molar-refractivity contribution is 5.76. The van der Waals surface area contributed by atoms with Crippen molar-refractivity contribution in [3.05, 3.63) is 36.5 Å². The molecule has 0 aliphatic heterocycles. The number of aliphatic hydroxyl groups is 2. The molecule has 0 bridgehead atoms. The molecule has 0 heterocycles. The van der Waals surface area contributed by atoms with Crippen LogP contribution in [0.3, 0.4) is 0 Å². The van der Waals surface area contributed by atoms with Crippen molar-refractivity contribution in [2.75, 3.05) is 13.2 Å². The summed E-state index contributed by atoms with van der Waals surface area (Å²) in [5, 5.41) is 23.0. The number of esters is 1. The Bertz CT molecular complexity index is 946. The van der Waals surface area contributed by atoms with Gasteiger partial charge in [0.1, 0.15) is 0 Å². The van der Waals surface area contributed by atoms with Gasteiger partial charge in [0.2, 0.25) is 5.91 Å². The molecule has 0 saturated carbocycles. The first-order chi connectivity index (χ1) is 28.5. The van der Waals surface area contributed by atoms with Gasteiger partial charge in [0.15, 0.2) is 0 Å². The quantitative estimate of drug-likeness (QED) is 0.0323. The van der Waals surface area contributed by atoms with Crippen molar-refractivity contribution in [2.24, 2.45) is 0 Å². The number of rotatable bonds is 46. The van der Waals surface area contributed by atoms with Gasteiger partial charge in [0, 0.05) is 12.8 Å². The summed E-state index contributed by atoms with van der Waals surface area (Å²) in [5.74, 6) is -0.105. The summed E-state index contributed by atoms with van der Waals surface area (Å²) in [7, 11) is 0. The van der Waals surface area contributed by atoms with Gasteiger partial charge in [-0.15, -0.1) is 0 Å². The predicted octanol–water partition coefficient (Wildman–Crippen LogP) is 14.9. The van der Waals surface area contributed by atoms with Crippen LogP contribution in [0.25, 0.3) is 0 Å². The number of nitrogens with one attached hydrogen (secondary N) is 1. The van der Waals surface area contributed by atoms with Crippen molar-refractivity contribution in [2.45, 2.75) is 270 Å². The number of amides is 1. The number of ether oxygens (including phenoxy) is 1. The molecular formula is C52H97NO5. The van der Waals surface area contributed by atoms with Crippen LogP contribution in [0.15, 0.2) is 36.5 Å². The molecule has 0 fully saturated rings. The van der Waals surface area contributed by atoms with E-state index in [0.29, 0.717) is 19.4 Å². The Hall–Kier alpha value is -1.92. The minimum atomic E-state index is -0.853. The molecule has 0 radical (unpaired) electrons. The largest absolute Gasteiger partial charge is 0.466 e. The van der Waals surface area contributed by atoms with E-state index in [9.17, 15) is 19.8 Å². The molecule has 6 heteroatoms. The highest BCUT2D eigenvalue weighted by Gasteiger charge is 2.18. The molecule has 2 atom stereocenters.